The molecular formula is C19H25N4O2+. The summed E-state index contributed by atoms with van der Waals surface area (Å²) in [7, 11) is 2.20. The molecule has 1 fully saturated rings. The summed E-state index contributed by atoms with van der Waals surface area (Å²) in [4.78, 5) is 14.9. The van der Waals surface area contributed by atoms with Crippen molar-refractivity contribution in [2.75, 3.05) is 43.4 Å². The van der Waals surface area contributed by atoms with Crippen molar-refractivity contribution in [1.29, 1.82) is 0 Å². The second kappa shape index (κ2) is 7.53. The molecule has 0 radical (unpaired) electrons. The van der Waals surface area contributed by atoms with Crippen LogP contribution in [0.5, 0.6) is 0 Å². The van der Waals surface area contributed by atoms with Crippen molar-refractivity contribution in [3.8, 4) is 0 Å². The zero-order chi connectivity index (χ0) is 17.8. The molecule has 1 atom stereocenters. The summed E-state index contributed by atoms with van der Waals surface area (Å²) in [5, 5.41) is 14.7. The molecule has 25 heavy (non-hydrogen) atoms. The van der Waals surface area contributed by atoms with Crippen LogP contribution in [0.15, 0.2) is 48.5 Å². The number of nitrogens with zero attached hydrogens (tertiary/aromatic N) is 2. The van der Waals surface area contributed by atoms with E-state index in [1.165, 1.54) is 4.90 Å². The lowest BCUT2D eigenvalue weighted by Crippen LogP contribution is -3.12. The molecule has 2 N–H and O–H groups in total. The standard InChI is InChI=1S/C19H24N4O2/c1-15(16-6-4-3-5-7-16)20-18-14-17(8-9-19(18)23(24)25)22-12-10-21(2)11-13-22/h3-9,14-15,20H,10-13H2,1-2H3/p+1/t15-/m1/s1. The molecule has 0 aromatic heterocycles. The van der Waals surface area contributed by atoms with E-state index in [-0.39, 0.29) is 16.7 Å². The number of rotatable bonds is 5. The highest BCUT2D eigenvalue weighted by molar-refractivity contribution is 5.69. The predicted molar refractivity (Wildman–Crippen MR) is 100 cm³/mol. The van der Waals surface area contributed by atoms with Crippen LogP contribution in [0.25, 0.3) is 0 Å². The van der Waals surface area contributed by atoms with Crippen LogP contribution in [0.1, 0.15) is 18.5 Å². The van der Waals surface area contributed by atoms with Crippen LogP contribution in [0.3, 0.4) is 0 Å². The van der Waals surface area contributed by atoms with E-state index in [0.29, 0.717) is 5.69 Å². The molecule has 132 valence electrons. The van der Waals surface area contributed by atoms with Gasteiger partial charge in [0.05, 0.1) is 38.2 Å². The maximum absolute atomic E-state index is 11.4. The maximum atomic E-state index is 11.4. The van der Waals surface area contributed by atoms with Gasteiger partial charge in [-0.05, 0) is 24.6 Å². The Balaban J connectivity index is 1.85. The van der Waals surface area contributed by atoms with E-state index in [2.05, 4.69) is 17.3 Å². The van der Waals surface area contributed by atoms with E-state index in [1.807, 2.05) is 49.4 Å². The number of hydrogen-bond acceptors (Lipinski definition) is 4. The summed E-state index contributed by atoms with van der Waals surface area (Å²) in [6.07, 6.45) is 0. The summed E-state index contributed by atoms with van der Waals surface area (Å²) >= 11 is 0. The second-order valence-corrected chi connectivity index (χ2v) is 6.68. The number of hydrogen-bond donors (Lipinski definition) is 2. The first-order chi connectivity index (χ1) is 12.0. The fourth-order valence-electron chi connectivity index (χ4n) is 3.20. The molecular weight excluding hydrogens is 316 g/mol. The van der Waals surface area contributed by atoms with Gasteiger partial charge in [0, 0.05) is 17.8 Å². The third-order valence-electron chi connectivity index (χ3n) is 4.83. The molecule has 6 heteroatoms. The molecule has 2 aromatic rings. The van der Waals surface area contributed by atoms with Gasteiger partial charge < -0.3 is 15.1 Å². The fourth-order valence-corrected chi connectivity index (χ4v) is 3.20. The zero-order valence-electron chi connectivity index (χ0n) is 14.7. The Kier molecular flexibility index (Phi) is 5.19. The van der Waals surface area contributed by atoms with Crippen LogP contribution < -0.4 is 15.1 Å². The van der Waals surface area contributed by atoms with Crippen molar-refractivity contribution < 1.29 is 9.82 Å². The number of anilines is 2. The van der Waals surface area contributed by atoms with Crippen LogP contribution in [-0.4, -0.2) is 38.2 Å². The van der Waals surface area contributed by atoms with Gasteiger partial charge in [-0.15, -0.1) is 0 Å². The lowest BCUT2D eigenvalue weighted by atomic mass is 10.1. The Hall–Kier alpha value is -2.60. The molecule has 0 unspecified atom stereocenters. The lowest BCUT2D eigenvalue weighted by molar-refractivity contribution is -0.880. The number of benzene rings is 2. The largest absolute Gasteiger partial charge is 0.373 e. The quantitative estimate of drug-likeness (QED) is 0.646. The summed E-state index contributed by atoms with van der Waals surface area (Å²) in [5.41, 5.74) is 2.84. The third kappa shape index (κ3) is 4.09. The van der Waals surface area contributed by atoms with Crippen molar-refractivity contribution in [3.05, 3.63) is 64.2 Å². The normalized spacial score (nSPS) is 16.5. The summed E-state index contributed by atoms with van der Waals surface area (Å²) < 4.78 is 0. The van der Waals surface area contributed by atoms with Gasteiger partial charge in [0.1, 0.15) is 5.69 Å². The Morgan fingerprint density at radius 3 is 2.48 bits per heavy atom. The average Bonchev–Trinajstić information content (AvgIpc) is 2.63. The predicted octanol–water partition coefficient (Wildman–Crippen LogP) is 2.10. The highest BCUT2D eigenvalue weighted by Gasteiger charge is 2.21. The van der Waals surface area contributed by atoms with E-state index >= 15 is 0 Å². The fraction of sp³-hybridized carbons (Fsp3) is 0.368. The Morgan fingerprint density at radius 1 is 1.16 bits per heavy atom. The Labute approximate surface area is 148 Å². The molecule has 0 amide bonds. The van der Waals surface area contributed by atoms with Crippen molar-refractivity contribution in [3.63, 3.8) is 0 Å². The zero-order valence-corrected chi connectivity index (χ0v) is 14.7. The smallest absolute Gasteiger partial charge is 0.292 e. The number of piperazine rings is 1. The molecule has 3 rings (SSSR count). The van der Waals surface area contributed by atoms with Gasteiger partial charge >= 0.3 is 0 Å². The summed E-state index contributed by atoms with van der Waals surface area (Å²) in [6.45, 7) is 6.12. The highest BCUT2D eigenvalue weighted by Crippen LogP contribution is 2.32. The average molecular weight is 341 g/mol. The van der Waals surface area contributed by atoms with Crippen molar-refractivity contribution in [2.45, 2.75) is 13.0 Å². The summed E-state index contributed by atoms with van der Waals surface area (Å²) in [5.74, 6) is 0. The van der Waals surface area contributed by atoms with Crippen LogP contribution in [-0.2, 0) is 0 Å². The first-order valence-electron chi connectivity index (χ1n) is 8.71. The first-order valence-corrected chi connectivity index (χ1v) is 8.71. The number of likely N-dealkylation sites (N-methyl/N-ethyl adjacent to an activating group) is 1. The van der Waals surface area contributed by atoms with Gasteiger partial charge in [-0.3, -0.25) is 10.1 Å². The topological polar surface area (TPSA) is 62.8 Å². The minimum atomic E-state index is -0.321. The maximum Gasteiger partial charge on any atom is 0.292 e. The van der Waals surface area contributed by atoms with Gasteiger partial charge in [-0.1, -0.05) is 30.3 Å². The molecule has 1 saturated heterocycles. The number of nitro benzene ring substituents is 1. The number of quaternary nitrogens is 1. The molecule has 0 spiro atoms. The molecule has 6 nitrogen and oxygen atoms in total. The molecule has 1 heterocycles. The number of nitrogens with one attached hydrogen (secondary N) is 2. The van der Waals surface area contributed by atoms with Crippen LogP contribution in [0.4, 0.5) is 17.1 Å². The second-order valence-electron chi connectivity index (χ2n) is 6.68. The molecule has 1 aliphatic heterocycles. The molecule has 2 aromatic carbocycles. The minimum absolute atomic E-state index is 0.00733. The van der Waals surface area contributed by atoms with Gasteiger partial charge in [-0.2, -0.15) is 0 Å². The van der Waals surface area contributed by atoms with E-state index in [1.54, 1.807) is 6.07 Å². The SMILES string of the molecule is C[C@@H](Nc1cc(N2CC[NH+](C)CC2)ccc1[N+](=O)[O-])c1ccccc1. The van der Waals surface area contributed by atoms with Crippen molar-refractivity contribution >= 4 is 17.1 Å². The van der Waals surface area contributed by atoms with E-state index in [0.717, 1.165) is 37.4 Å². The van der Waals surface area contributed by atoms with Gasteiger partial charge in [0.2, 0.25) is 0 Å². The summed E-state index contributed by atoms with van der Waals surface area (Å²) in [6, 6.07) is 15.3. The van der Waals surface area contributed by atoms with E-state index < -0.39 is 0 Å². The third-order valence-corrected chi connectivity index (χ3v) is 4.83. The van der Waals surface area contributed by atoms with Crippen LogP contribution in [0.2, 0.25) is 0 Å². The minimum Gasteiger partial charge on any atom is -0.373 e. The van der Waals surface area contributed by atoms with Crippen molar-refractivity contribution in [1.82, 2.24) is 0 Å². The number of nitro groups is 1. The molecule has 1 aliphatic rings. The van der Waals surface area contributed by atoms with Gasteiger partial charge in [0.15, 0.2) is 0 Å². The van der Waals surface area contributed by atoms with Gasteiger partial charge in [0.25, 0.3) is 5.69 Å². The molecule has 0 saturated carbocycles. The highest BCUT2D eigenvalue weighted by atomic mass is 16.6. The van der Waals surface area contributed by atoms with E-state index in [9.17, 15) is 10.1 Å². The Morgan fingerprint density at radius 2 is 1.84 bits per heavy atom. The lowest BCUT2D eigenvalue weighted by Gasteiger charge is -2.32. The monoisotopic (exact) mass is 341 g/mol. The van der Waals surface area contributed by atoms with Crippen LogP contribution in [0, 0.1) is 10.1 Å². The van der Waals surface area contributed by atoms with Gasteiger partial charge in [-0.25, -0.2) is 0 Å². The van der Waals surface area contributed by atoms with Crippen molar-refractivity contribution in [2.24, 2.45) is 0 Å². The van der Waals surface area contributed by atoms with E-state index in [4.69, 9.17) is 0 Å². The Bertz CT molecular complexity index is 727. The molecule has 0 aliphatic carbocycles. The first kappa shape index (κ1) is 17.2. The molecule has 0 bridgehead atoms. The van der Waals surface area contributed by atoms with Crippen LogP contribution >= 0.6 is 0 Å².